The topological polar surface area (TPSA) is 85.4 Å². The molecule has 10 heteroatoms. The zero-order valence-electron chi connectivity index (χ0n) is 16.3. The lowest BCUT2D eigenvalue weighted by Crippen LogP contribution is -2.17. The number of halogens is 1. The molecule has 7 nitrogen and oxygen atoms in total. The van der Waals surface area contributed by atoms with Gasteiger partial charge in [0.15, 0.2) is 15.8 Å². The number of carbonyl (C=O) groups excluding carboxylic acids is 1. The second kappa shape index (κ2) is 9.11. The minimum absolute atomic E-state index is 0.184. The van der Waals surface area contributed by atoms with Gasteiger partial charge in [0.05, 0.1) is 16.5 Å². The van der Waals surface area contributed by atoms with E-state index in [0.29, 0.717) is 44.9 Å². The van der Waals surface area contributed by atoms with Crippen LogP contribution in [0.5, 0.6) is 11.5 Å². The number of anilines is 3. The predicted octanol–water partition coefficient (Wildman–Crippen LogP) is 5.05. The molecule has 4 rings (SSSR count). The van der Waals surface area contributed by atoms with E-state index in [-0.39, 0.29) is 11.7 Å². The highest BCUT2D eigenvalue weighted by Gasteiger charge is 2.17. The molecular weight excluding hydrogens is 444 g/mol. The highest BCUT2D eigenvalue weighted by atomic mass is 35.5. The molecule has 30 heavy (non-hydrogen) atoms. The molecular formula is C20H19ClN4O3S2. The van der Waals surface area contributed by atoms with Gasteiger partial charge in [-0.25, -0.2) is 0 Å². The van der Waals surface area contributed by atoms with Crippen LogP contribution in [0.15, 0.2) is 34.7 Å². The Morgan fingerprint density at radius 2 is 1.90 bits per heavy atom. The number of nitrogens with one attached hydrogen (secondary N) is 2. The van der Waals surface area contributed by atoms with E-state index in [9.17, 15) is 4.79 Å². The molecule has 0 saturated carbocycles. The number of hydrogen-bond acceptors (Lipinski definition) is 8. The third kappa shape index (κ3) is 4.97. The number of rotatable bonds is 6. The van der Waals surface area contributed by atoms with E-state index in [1.54, 1.807) is 12.1 Å². The molecule has 3 aromatic rings. The van der Waals surface area contributed by atoms with Gasteiger partial charge in [-0.2, -0.15) is 0 Å². The minimum atomic E-state index is -0.197. The highest BCUT2D eigenvalue weighted by molar-refractivity contribution is 8.01. The molecule has 2 aromatic carbocycles. The molecule has 0 fully saturated rings. The van der Waals surface area contributed by atoms with Crippen LogP contribution < -0.4 is 20.1 Å². The van der Waals surface area contributed by atoms with E-state index in [4.69, 9.17) is 21.1 Å². The third-order valence-electron chi connectivity index (χ3n) is 4.40. The summed E-state index contributed by atoms with van der Waals surface area (Å²) in [4.78, 5) is 12.4. The average Bonchev–Trinajstić information content (AvgIpc) is 3.17. The predicted molar refractivity (Wildman–Crippen MR) is 121 cm³/mol. The number of aryl methyl sites for hydroxylation is 2. The quantitative estimate of drug-likeness (QED) is 0.495. The van der Waals surface area contributed by atoms with Gasteiger partial charge >= 0.3 is 0 Å². The van der Waals surface area contributed by atoms with E-state index >= 15 is 0 Å². The van der Waals surface area contributed by atoms with Crippen molar-refractivity contribution in [3.63, 3.8) is 0 Å². The second-order valence-electron chi connectivity index (χ2n) is 6.61. The molecule has 0 bridgehead atoms. The van der Waals surface area contributed by atoms with Gasteiger partial charge in [0.2, 0.25) is 11.0 Å². The van der Waals surface area contributed by atoms with Crippen molar-refractivity contribution in [2.75, 3.05) is 29.6 Å². The van der Waals surface area contributed by atoms with E-state index in [1.807, 2.05) is 6.07 Å². The Kier molecular flexibility index (Phi) is 6.31. The number of hydrogen-bond donors (Lipinski definition) is 2. The van der Waals surface area contributed by atoms with Crippen molar-refractivity contribution < 1.29 is 14.3 Å². The molecule has 0 atom stereocenters. The summed E-state index contributed by atoms with van der Waals surface area (Å²) in [6, 6.07) is 9.45. The zero-order chi connectivity index (χ0) is 21.1. The van der Waals surface area contributed by atoms with Crippen molar-refractivity contribution in [1.29, 1.82) is 0 Å². The highest BCUT2D eigenvalue weighted by Crippen LogP contribution is 2.38. The summed E-state index contributed by atoms with van der Waals surface area (Å²) in [7, 11) is 0. The molecule has 0 aliphatic carbocycles. The zero-order valence-corrected chi connectivity index (χ0v) is 18.7. The van der Waals surface area contributed by atoms with E-state index in [0.717, 1.165) is 5.69 Å². The maximum atomic E-state index is 12.4. The Hall–Kier alpha value is -2.49. The number of ether oxygens (including phenoxy) is 2. The minimum Gasteiger partial charge on any atom is -0.486 e. The first-order chi connectivity index (χ1) is 14.5. The Bertz CT molecular complexity index is 1090. The van der Waals surface area contributed by atoms with Crippen LogP contribution in [-0.2, 0) is 4.79 Å². The Morgan fingerprint density at radius 1 is 1.13 bits per heavy atom. The molecule has 1 aromatic heterocycles. The van der Waals surface area contributed by atoms with Crippen molar-refractivity contribution in [2.24, 2.45) is 0 Å². The van der Waals surface area contributed by atoms with Crippen LogP contribution in [0, 0.1) is 13.8 Å². The summed E-state index contributed by atoms with van der Waals surface area (Å²) in [6.07, 6.45) is 0. The summed E-state index contributed by atoms with van der Waals surface area (Å²) in [6.45, 7) is 5.08. The molecule has 1 aliphatic heterocycles. The summed E-state index contributed by atoms with van der Waals surface area (Å²) in [5.74, 6) is 1.14. The molecule has 0 unspecified atom stereocenters. The summed E-state index contributed by atoms with van der Waals surface area (Å²) < 4.78 is 11.7. The SMILES string of the molecule is Cc1ccc(Nc2nnc(SCC(=O)Nc3cc4c(cc3Cl)OCCO4)s2)cc1C. The van der Waals surface area contributed by atoms with Gasteiger partial charge < -0.3 is 20.1 Å². The van der Waals surface area contributed by atoms with Gasteiger partial charge in [-0.15, -0.1) is 10.2 Å². The van der Waals surface area contributed by atoms with Gasteiger partial charge in [0.25, 0.3) is 0 Å². The standard InChI is InChI=1S/C20H19ClN4O3S2/c1-11-3-4-13(7-12(11)2)22-19-24-25-20(30-19)29-10-18(26)23-15-9-17-16(8-14(15)21)27-5-6-28-17/h3-4,7-9H,5-6,10H2,1-2H3,(H,22,24)(H,23,26). The number of thioether (sulfide) groups is 1. The van der Waals surface area contributed by atoms with Crippen molar-refractivity contribution in [2.45, 2.75) is 18.2 Å². The summed E-state index contributed by atoms with van der Waals surface area (Å²) in [5.41, 5.74) is 3.88. The normalized spacial score (nSPS) is 12.5. The Labute approximate surface area is 187 Å². The average molecular weight is 463 g/mol. The van der Waals surface area contributed by atoms with Crippen LogP contribution in [0.1, 0.15) is 11.1 Å². The van der Waals surface area contributed by atoms with Gasteiger partial charge in [-0.05, 0) is 37.1 Å². The van der Waals surface area contributed by atoms with Crippen molar-refractivity contribution in [1.82, 2.24) is 10.2 Å². The van der Waals surface area contributed by atoms with Crippen molar-refractivity contribution >= 4 is 57.1 Å². The molecule has 0 spiro atoms. The number of benzene rings is 2. The number of aromatic nitrogens is 2. The number of carbonyl (C=O) groups is 1. The molecule has 2 N–H and O–H groups in total. The largest absolute Gasteiger partial charge is 0.486 e. The summed E-state index contributed by atoms with van der Waals surface area (Å²) in [5, 5.41) is 15.4. The van der Waals surface area contributed by atoms with Crippen LogP contribution in [-0.4, -0.2) is 35.1 Å². The smallest absolute Gasteiger partial charge is 0.234 e. The maximum absolute atomic E-state index is 12.4. The van der Waals surface area contributed by atoms with Gasteiger partial charge in [-0.3, -0.25) is 4.79 Å². The first-order valence-electron chi connectivity index (χ1n) is 9.17. The van der Waals surface area contributed by atoms with Crippen molar-refractivity contribution in [3.8, 4) is 11.5 Å². The van der Waals surface area contributed by atoms with Crippen LogP contribution in [0.3, 0.4) is 0 Å². The van der Waals surface area contributed by atoms with Crippen LogP contribution >= 0.6 is 34.7 Å². The first kappa shape index (κ1) is 20.8. The van der Waals surface area contributed by atoms with Crippen LogP contribution in [0.4, 0.5) is 16.5 Å². The fourth-order valence-electron chi connectivity index (χ4n) is 2.73. The molecule has 156 valence electrons. The van der Waals surface area contributed by atoms with Gasteiger partial charge in [0.1, 0.15) is 13.2 Å². The fraction of sp³-hybridized carbons (Fsp3) is 0.250. The third-order valence-corrected chi connectivity index (χ3v) is 6.68. The lowest BCUT2D eigenvalue weighted by molar-refractivity contribution is -0.113. The van der Waals surface area contributed by atoms with Crippen molar-refractivity contribution in [3.05, 3.63) is 46.5 Å². The second-order valence-corrected chi connectivity index (χ2v) is 9.22. The van der Waals surface area contributed by atoms with Crippen LogP contribution in [0.25, 0.3) is 0 Å². The number of nitrogens with zero attached hydrogens (tertiary/aromatic N) is 2. The first-order valence-corrected chi connectivity index (χ1v) is 11.4. The fourth-order valence-corrected chi connectivity index (χ4v) is 4.51. The monoisotopic (exact) mass is 462 g/mol. The number of fused-ring (bicyclic) bond motifs is 1. The van der Waals surface area contributed by atoms with Crippen LogP contribution in [0.2, 0.25) is 5.02 Å². The number of amides is 1. The molecule has 0 radical (unpaired) electrons. The van der Waals surface area contributed by atoms with E-state index in [2.05, 4.69) is 46.8 Å². The molecule has 1 amide bonds. The lowest BCUT2D eigenvalue weighted by atomic mass is 10.1. The van der Waals surface area contributed by atoms with E-state index in [1.165, 1.54) is 34.2 Å². The van der Waals surface area contributed by atoms with Gasteiger partial charge in [-0.1, -0.05) is 40.8 Å². The lowest BCUT2D eigenvalue weighted by Gasteiger charge is -2.19. The Balaban J connectivity index is 1.33. The van der Waals surface area contributed by atoms with E-state index < -0.39 is 0 Å². The van der Waals surface area contributed by atoms with Gasteiger partial charge in [0, 0.05) is 17.8 Å². The molecule has 0 saturated heterocycles. The Morgan fingerprint density at radius 3 is 2.67 bits per heavy atom. The maximum Gasteiger partial charge on any atom is 0.234 e. The molecule has 1 aliphatic rings. The molecule has 2 heterocycles. The summed E-state index contributed by atoms with van der Waals surface area (Å²) >= 11 is 8.95.